The van der Waals surface area contributed by atoms with Crippen LogP contribution < -0.4 is 5.32 Å². The van der Waals surface area contributed by atoms with Crippen molar-refractivity contribution in [3.63, 3.8) is 0 Å². The Kier molecular flexibility index (Phi) is 8.07. The third-order valence-corrected chi connectivity index (χ3v) is 4.12. The molecular weight excluding hydrogens is 410 g/mol. The predicted molar refractivity (Wildman–Crippen MR) is 99.0 cm³/mol. The van der Waals surface area contributed by atoms with Crippen LogP contribution >= 0.6 is 0 Å². The second-order valence-corrected chi connectivity index (χ2v) is 6.32. The molecular formula is C19H21F4N3O4. The van der Waals surface area contributed by atoms with Crippen LogP contribution in [0.2, 0.25) is 0 Å². The van der Waals surface area contributed by atoms with Crippen molar-refractivity contribution in [1.29, 1.82) is 0 Å². The molecule has 2 atom stereocenters. The Morgan fingerprint density at radius 2 is 1.93 bits per heavy atom. The lowest BCUT2D eigenvalue weighted by molar-refractivity contribution is -0.222. The van der Waals surface area contributed by atoms with Crippen LogP contribution in [0.4, 0.5) is 29.2 Å². The van der Waals surface area contributed by atoms with Crippen LogP contribution in [0.1, 0.15) is 36.5 Å². The minimum absolute atomic E-state index is 0.0404. The average molecular weight is 431 g/mol. The summed E-state index contributed by atoms with van der Waals surface area (Å²) in [6, 6.07) is 3.97. The van der Waals surface area contributed by atoms with Gasteiger partial charge in [0, 0.05) is 30.9 Å². The highest BCUT2D eigenvalue weighted by molar-refractivity contribution is 5.69. The summed E-state index contributed by atoms with van der Waals surface area (Å²) in [4.78, 5) is 18.6. The van der Waals surface area contributed by atoms with Crippen LogP contribution in [0.5, 0.6) is 0 Å². The first-order chi connectivity index (χ1) is 14.2. The smallest absolute Gasteiger partial charge is 0.418 e. The van der Waals surface area contributed by atoms with E-state index in [0.717, 1.165) is 12.4 Å². The van der Waals surface area contributed by atoms with Gasteiger partial charge >= 0.3 is 12.1 Å². The molecule has 0 aliphatic rings. The maximum absolute atomic E-state index is 13.6. The largest absolute Gasteiger partial charge is 0.481 e. The Hall–Kier alpha value is -2.79. The molecule has 0 saturated heterocycles. The number of aromatic nitrogens is 2. The van der Waals surface area contributed by atoms with Crippen molar-refractivity contribution in [3.8, 4) is 0 Å². The highest BCUT2D eigenvalue weighted by Gasteiger charge is 2.43. The van der Waals surface area contributed by atoms with Crippen molar-refractivity contribution >= 4 is 17.6 Å². The number of nitrogens with one attached hydrogen (secondary N) is 1. The van der Waals surface area contributed by atoms with Gasteiger partial charge in [-0.15, -0.1) is 0 Å². The molecule has 0 radical (unpaired) electrons. The zero-order chi connectivity index (χ0) is 22.3. The second-order valence-electron chi connectivity index (χ2n) is 6.32. The number of carboxylic acid groups (broad SMARTS) is 1. The zero-order valence-corrected chi connectivity index (χ0v) is 16.2. The summed E-state index contributed by atoms with van der Waals surface area (Å²) in [7, 11) is 1.39. The minimum Gasteiger partial charge on any atom is -0.481 e. The van der Waals surface area contributed by atoms with Crippen molar-refractivity contribution in [2.45, 2.75) is 31.5 Å². The van der Waals surface area contributed by atoms with Gasteiger partial charge in [-0.25, -0.2) is 14.4 Å². The van der Waals surface area contributed by atoms with E-state index >= 15 is 0 Å². The Morgan fingerprint density at radius 1 is 1.27 bits per heavy atom. The van der Waals surface area contributed by atoms with Gasteiger partial charge in [-0.1, -0.05) is 12.1 Å². The van der Waals surface area contributed by atoms with Gasteiger partial charge in [0.25, 0.3) is 0 Å². The van der Waals surface area contributed by atoms with Crippen molar-refractivity contribution in [2.75, 3.05) is 25.6 Å². The highest BCUT2D eigenvalue weighted by Crippen LogP contribution is 2.41. The quantitative estimate of drug-likeness (QED) is 0.545. The molecule has 0 unspecified atom stereocenters. The summed E-state index contributed by atoms with van der Waals surface area (Å²) in [6.45, 7) is 1.29. The number of hydrogen-bond donors (Lipinski definition) is 2. The average Bonchev–Trinajstić information content (AvgIpc) is 2.67. The topological polar surface area (TPSA) is 93.6 Å². The summed E-state index contributed by atoms with van der Waals surface area (Å²) < 4.78 is 63.8. The molecule has 164 valence electrons. The lowest BCUT2D eigenvalue weighted by atomic mass is 9.93. The summed E-state index contributed by atoms with van der Waals surface area (Å²) >= 11 is 0. The first-order valence-electron chi connectivity index (χ1n) is 8.93. The monoisotopic (exact) mass is 431 g/mol. The molecule has 1 heterocycles. The fourth-order valence-electron chi connectivity index (χ4n) is 2.87. The Morgan fingerprint density at radius 3 is 2.47 bits per heavy atom. The van der Waals surface area contributed by atoms with E-state index < -0.39 is 30.0 Å². The molecule has 30 heavy (non-hydrogen) atoms. The molecule has 0 fully saturated rings. The van der Waals surface area contributed by atoms with Gasteiger partial charge in [0.2, 0.25) is 5.95 Å². The van der Waals surface area contributed by atoms with Gasteiger partial charge in [0.1, 0.15) is 0 Å². The summed E-state index contributed by atoms with van der Waals surface area (Å²) in [6.07, 6.45) is -5.50. The van der Waals surface area contributed by atoms with Gasteiger partial charge in [-0.2, -0.15) is 13.2 Å². The number of ether oxygens (including phenoxy) is 2. The van der Waals surface area contributed by atoms with E-state index in [0.29, 0.717) is 5.56 Å². The number of carboxylic acids is 1. The number of rotatable bonds is 10. The Labute approximate surface area is 170 Å². The van der Waals surface area contributed by atoms with Gasteiger partial charge in [-0.3, -0.25) is 4.79 Å². The van der Waals surface area contributed by atoms with Gasteiger partial charge in [-0.05, 0) is 18.6 Å². The molecule has 0 spiro atoms. The maximum Gasteiger partial charge on any atom is 0.418 e. The molecule has 0 aliphatic carbocycles. The molecule has 2 N–H and O–H groups in total. The SMILES string of the molecule is CCO[C@H](c1ccc([C@@H](COC)CC(=O)O)cc1Nc1ncc(F)cn1)C(F)(F)F. The van der Waals surface area contributed by atoms with Crippen LogP contribution in [0.25, 0.3) is 0 Å². The second kappa shape index (κ2) is 10.3. The number of aliphatic carboxylic acids is 1. The third kappa shape index (κ3) is 6.36. The van der Waals surface area contributed by atoms with Crippen LogP contribution in [0.15, 0.2) is 30.6 Å². The van der Waals surface area contributed by atoms with Gasteiger partial charge < -0.3 is 19.9 Å². The summed E-state index contributed by atoms with van der Waals surface area (Å²) in [5.74, 6) is -2.53. The number of nitrogens with zero attached hydrogens (tertiary/aromatic N) is 2. The lowest BCUT2D eigenvalue weighted by Crippen LogP contribution is -2.25. The fourth-order valence-corrected chi connectivity index (χ4v) is 2.87. The number of methoxy groups -OCH3 is 1. The molecule has 0 amide bonds. The molecule has 1 aromatic carbocycles. The molecule has 2 rings (SSSR count). The normalized spacial score (nSPS) is 13.7. The number of alkyl halides is 3. The van der Waals surface area contributed by atoms with Crippen molar-refractivity contribution < 1.29 is 36.9 Å². The van der Waals surface area contributed by atoms with Crippen molar-refractivity contribution in [1.82, 2.24) is 9.97 Å². The first-order valence-corrected chi connectivity index (χ1v) is 8.93. The Balaban J connectivity index is 2.54. The first kappa shape index (κ1) is 23.5. The number of benzene rings is 1. The number of carbonyl (C=O) groups is 1. The molecule has 0 saturated carbocycles. The van der Waals surface area contributed by atoms with E-state index in [1.807, 2.05) is 0 Å². The van der Waals surface area contributed by atoms with E-state index in [1.165, 1.54) is 32.2 Å². The van der Waals surface area contributed by atoms with Crippen molar-refractivity contribution in [3.05, 3.63) is 47.5 Å². The molecule has 11 heteroatoms. The molecule has 1 aromatic heterocycles. The molecule has 0 aliphatic heterocycles. The van der Waals surface area contributed by atoms with Gasteiger partial charge in [0.05, 0.1) is 25.4 Å². The fraction of sp³-hybridized carbons (Fsp3) is 0.421. The van der Waals surface area contributed by atoms with E-state index in [2.05, 4.69) is 15.3 Å². The Bertz CT molecular complexity index is 847. The van der Waals surface area contributed by atoms with E-state index in [4.69, 9.17) is 14.6 Å². The molecule has 2 aromatic rings. The van der Waals surface area contributed by atoms with E-state index in [-0.39, 0.29) is 36.8 Å². The van der Waals surface area contributed by atoms with Crippen LogP contribution in [-0.4, -0.2) is 47.5 Å². The molecule has 0 bridgehead atoms. The van der Waals surface area contributed by atoms with Gasteiger partial charge in [0.15, 0.2) is 11.9 Å². The molecule has 7 nitrogen and oxygen atoms in total. The van der Waals surface area contributed by atoms with Crippen LogP contribution in [-0.2, 0) is 14.3 Å². The predicted octanol–water partition coefficient (Wildman–Crippen LogP) is 4.20. The van der Waals surface area contributed by atoms with Crippen molar-refractivity contribution in [2.24, 2.45) is 0 Å². The standard InChI is InChI=1S/C19H21F4N3O4/c1-3-30-17(19(21,22)23)14-5-4-11(12(10-29-2)7-16(27)28)6-15(14)26-18-24-8-13(20)9-25-18/h4-6,8-9,12,17H,3,7,10H2,1-2H3,(H,27,28)(H,24,25,26)/t12-,17-/m1/s1. The van der Waals surface area contributed by atoms with E-state index in [9.17, 15) is 22.4 Å². The zero-order valence-electron chi connectivity index (χ0n) is 16.2. The lowest BCUT2D eigenvalue weighted by Gasteiger charge is -2.25. The van der Waals surface area contributed by atoms with Crippen LogP contribution in [0, 0.1) is 5.82 Å². The number of hydrogen-bond acceptors (Lipinski definition) is 6. The highest BCUT2D eigenvalue weighted by atomic mass is 19.4. The van der Waals surface area contributed by atoms with Crippen LogP contribution in [0.3, 0.4) is 0 Å². The maximum atomic E-state index is 13.6. The number of anilines is 2. The number of halogens is 4. The summed E-state index contributed by atoms with van der Waals surface area (Å²) in [5.41, 5.74) is 0.152. The third-order valence-electron chi connectivity index (χ3n) is 4.12. The minimum atomic E-state index is -4.70. The summed E-state index contributed by atoms with van der Waals surface area (Å²) in [5, 5.41) is 11.8. The van der Waals surface area contributed by atoms with E-state index in [1.54, 1.807) is 0 Å².